The fourth-order valence-corrected chi connectivity index (χ4v) is 1.87. The molecule has 0 aromatic heterocycles. The third-order valence-corrected chi connectivity index (χ3v) is 2.92. The van der Waals surface area contributed by atoms with E-state index < -0.39 is 0 Å². The highest BCUT2D eigenvalue weighted by atomic mass is 19.1. The first-order valence-corrected chi connectivity index (χ1v) is 5.86. The number of nitrogen functional groups attached to an aromatic ring is 1. The van der Waals surface area contributed by atoms with E-state index in [4.69, 9.17) is 10.5 Å². The Morgan fingerprint density at radius 3 is 2.76 bits per heavy atom. The predicted molar refractivity (Wildman–Crippen MR) is 68.2 cm³/mol. The maximum atomic E-state index is 13.8. The van der Waals surface area contributed by atoms with Gasteiger partial charge in [-0.25, -0.2) is 4.39 Å². The van der Waals surface area contributed by atoms with E-state index in [9.17, 15) is 4.39 Å². The van der Waals surface area contributed by atoms with Gasteiger partial charge in [0.25, 0.3) is 0 Å². The van der Waals surface area contributed by atoms with Gasteiger partial charge in [-0.1, -0.05) is 19.1 Å². The number of nitrogens with zero attached hydrogens (tertiary/aromatic N) is 1. The molecular formula is C13H21FN2O. The van der Waals surface area contributed by atoms with Crippen LogP contribution in [0.3, 0.4) is 0 Å². The molecule has 0 saturated heterocycles. The molecule has 3 nitrogen and oxygen atoms in total. The molecule has 1 aromatic carbocycles. The molecule has 0 fully saturated rings. The average molecular weight is 240 g/mol. The van der Waals surface area contributed by atoms with E-state index in [1.807, 2.05) is 0 Å². The summed E-state index contributed by atoms with van der Waals surface area (Å²) in [5, 5.41) is 0. The first kappa shape index (κ1) is 13.9. The van der Waals surface area contributed by atoms with Crippen molar-refractivity contribution in [3.05, 3.63) is 29.6 Å². The van der Waals surface area contributed by atoms with Crippen LogP contribution in [-0.4, -0.2) is 31.2 Å². The van der Waals surface area contributed by atoms with Gasteiger partial charge >= 0.3 is 0 Å². The lowest BCUT2D eigenvalue weighted by atomic mass is 10.1. The zero-order chi connectivity index (χ0) is 12.8. The lowest BCUT2D eigenvalue weighted by Crippen LogP contribution is -2.35. The number of likely N-dealkylation sites (N-methyl/N-ethyl adjacent to an activating group) is 1. The van der Waals surface area contributed by atoms with Crippen LogP contribution in [0.5, 0.6) is 0 Å². The Kier molecular flexibility index (Phi) is 5.38. The van der Waals surface area contributed by atoms with Crippen molar-refractivity contribution in [2.45, 2.75) is 26.4 Å². The quantitative estimate of drug-likeness (QED) is 0.775. The Labute approximate surface area is 102 Å². The summed E-state index contributed by atoms with van der Waals surface area (Å²) in [6.07, 6.45) is 0. The van der Waals surface area contributed by atoms with Crippen molar-refractivity contribution in [1.29, 1.82) is 0 Å². The molecular weight excluding hydrogens is 219 g/mol. The summed E-state index contributed by atoms with van der Waals surface area (Å²) in [6, 6.07) is 5.38. The number of rotatable bonds is 6. The van der Waals surface area contributed by atoms with Crippen molar-refractivity contribution >= 4 is 5.69 Å². The van der Waals surface area contributed by atoms with Crippen molar-refractivity contribution in [1.82, 2.24) is 4.90 Å². The summed E-state index contributed by atoms with van der Waals surface area (Å²) in [6.45, 7) is 6.15. The molecule has 0 spiro atoms. The molecule has 4 heteroatoms. The van der Waals surface area contributed by atoms with Crippen molar-refractivity contribution in [3.8, 4) is 0 Å². The molecule has 0 bridgehead atoms. The maximum Gasteiger partial charge on any atom is 0.150 e. The molecule has 1 rings (SSSR count). The van der Waals surface area contributed by atoms with E-state index in [0.717, 1.165) is 6.54 Å². The molecule has 0 saturated carbocycles. The monoisotopic (exact) mass is 240 g/mol. The molecule has 0 radical (unpaired) electrons. The number of methoxy groups -OCH3 is 1. The molecule has 1 aromatic rings. The second-order valence-electron chi connectivity index (χ2n) is 4.19. The van der Waals surface area contributed by atoms with Crippen LogP contribution in [0.1, 0.15) is 19.4 Å². The second-order valence-corrected chi connectivity index (χ2v) is 4.19. The van der Waals surface area contributed by atoms with Crippen LogP contribution in [0, 0.1) is 5.82 Å². The largest absolute Gasteiger partial charge is 0.396 e. The Hall–Kier alpha value is -1.13. The van der Waals surface area contributed by atoms with E-state index in [2.05, 4.69) is 18.7 Å². The van der Waals surface area contributed by atoms with E-state index >= 15 is 0 Å². The second kappa shape index (κ2) is 6.57. The minimum Gasteiger partial charge on any atom is -0.396 e. The molecule has 96 valence electrons. The summed E-state index contributed by atoms with van der Waals surface area (Å²) >= 11 is 0. The minimum absolute atomic E-state index is 0.206. The van der Waals surface area contributed by atoms with Crippen molar-refractivity contribution < 1.29 is 9.13 Å². The van der Waals surface area contributed by atoms with Gasteiger partial charge in [-0.2, -0.15) is 0 Å². The Balaban J connectivity index is 2.77. The molecule has 0 amide bonds. The molecule has 2 N–H and O–H groups in total. The number of benzene rings is 1. The Bertz CT molecular complexity index is 357. The van der Waals surface area contributed by atoms with Gasteiger partial charge < -0.3 is 10.5 Å². The van der Waals surface area contributed by atoms with Crippen molar-refractivity contribution in [2.24, 2.45) is 0 Å². The van der Waals surface area contributed by atoms with E-state index in [1.165, 1.54) is 0 Å². The third kappa shape index (κ3) is 3.68. The Morgan fingerprint density at radius 1 is 1.47 bits per heavy atom. The standard InChI is InChI=1S/C13H21FN2O/c1-4-16(10(2)9-17-3)8-11-6-5-7-12(15)13(11)14/h5-7,10H,4,8-9,15H2,1-3H3. The zero-order valence-electron chi connectivity index (χ0n) is 10.7. The van der Waals surface area contributed by atoms with E-state index in [1.54, 1.807) is 25.3 Å². The topological polar surface area (TPSA) is 38.5 Å². The summed E-state index contributed by atoms with van der Waals surface area (Å²) in [5.74, 6) is -0.310. The lowest BCUT2D eigenvalue weighted by molar-refractivity contribution is 0.0975. The minimum atomic E-state index is -0.310. The maximum absolute atomic E-state index is 13.8. The first-order chi connectivity index (χ1) is 8.10. The number of halogens is 1. The van der Waals surface area contributed by atoms with E-state index in [0.29, 0.717) is 18.7 Å². The van der Waals surface area contributed by atoms with Crippen LogP contribution >= 0.6 is 0 Å². The van der Waals surface area contributed by atoms with Gasteiger partial charge in [0.2, 0.25) is 0 Å². The SMILES string of the molecule is CCN(Cc1cccc(N)c1F)C(C)COC. The smallest absolute Gasteiger partial charge is 0.150 e. The molecule has 1 atom stereocenters. The highest BCUT2D eigenvalue weighted by Gasteiger charge is 2.15. The molecule has 0 aliphatic heterocycles. The van der Waals surface area contributed by atoms with Gasteiger partial charge in [0.05, 0.1) is 12.3 Å². The highest BCUT2D eigenvalue weighted by molar-refractivity contribution is 5.42. The van der Waals surface area contributed by atoms with Gasteiger partial charge in [-0.3, -0.25) is 4.90 Å². The summed E-state index contributed by atoms with van der Waals surface area (Å²) in [5.41, 5.74) is 6.39. The lowest BCUT2D eigenvalue weighted by Gasteiger charge is -2.27. The van der Waals surface area contributed by atoms with Crippen LogP contribution in [-0.2, 0) is 11.3 Å². The summed E-state index contributed by atoms with van der Waals surface area (Å²) in [7, 11) is 1.67. The van der Waals surface area contributed by atoms with Crippen LogP contribution in [0.2, 0.25) is 0 Å². The summed E-state index contributed by atoms with van der Waals surface area (Å²) in [4.78, 5) is 2.15. The number of hydrogen-bond donors (Lipinski definition) is 1. The number of hydrogen-bond acceptors (Lipinski definition) is 3. The first-order valence-electron chi connectivity index (χ1n) is 5.86. The fourth-order valence-electron chi connectivity index (χ4n) is 1.87. The van der Waals surface area contributed by atoms with Crippen molar-refractivity contribution in [3.63, 3.8) is 0 Å². The molecule has 0 aliphatic rings. The van der Waals surface area contributed by atoms with Crippen LogP contribution in [0.15, 0.2) is 18.2 Å². The summed E-state index contributed by atoms with van der Waals surface area (Å²) < 4.78 is 18.9. The zero-order valence-corrected chi connectivity index (χ0v) is 10.7. The van der Waals surface area contributed by atoms with Crippen LogP contribution in [0.4, 0.5) is 10.1 Å². The number of anilines is 1. The number of ether oxygens (including phenoxy) is 1. The van der Waals surface area contributed by atoms with Gasteiger partial charge in [-0.15, -0.1) is 0 Å². The highest BCUT2D eigenvalue weighted by Crippen LogP contribution is 2.17. The number of nitrogens with two attached hydrogens (primary N) is 1. The average Bonchev–Trinajstić information content (AvgIpc) is 2.31. The van der Waals surface area contributed by atoms with Crippen LogP contribution < -0.4 is 5.73 Å². The predicted octanol–water partition coefficient (Wildman–Crippen LogP) is 2.26. The van der Waals surface area contributed by atoms with Gasteiger partial charge in [-0.05, 0) is 19.5 Å². The van der Waals surface area contributed by atoms with Crippen LogP contribution in [0.25, 0.3) is 0 Å². The normalized spacial score (nSPS) is 13.0. The Morgan fingerprint density at radius 2 is 2.18 bits per heavy atom. The fraction of sp³-hybridized carbons (Fsp3) is 0.538. The van der Waals surface area contributed by atoms with Gasteiger partial charge in [0.15, 0.2) is 5.82 Å². The molecule has 17 heavy (non-hydrogen) atoms. The third-order valence-electron chi connectivity index (χ3n) is 2.92. The van der Waals surface area contributed by atoms with Crippen molar-refractivity contribution in [2.75, 3.05) is 26.0 Å². The molecule has 0 aliphatic carbocycles. The molecule has 1 unspecified atom stereocenters. The molecule has 0 heterocycles. The van der Waals surface area contributed by atoms with Gasteiger partial charge in [0, 0.05) is 25.3 Å². The van der Waals surface area contributed by atoms with Gasteiger partial charge in [0.1, 0.15) is 0 Å². The van der Waals surface area contributed by atoms with E-state index in [-0.39, 0.29) is 17.5 Å².